The number of aromatic nitrogens is 1. The van der Waals surface area contributed by atoms with E-state index in [2.05, 4.69) is 15.0 Å². The van der Waals surface area contributed by atoms with Crippen molar-refractivity contribution in [3.05, 3.63) is 63.9 Å². The lowest BCUT2D eigenvalue weighted by Crippen LogP contribution is -2.12. The van der Waals surface area contributed by atoms with Gasteiger partial charge in [0.05, 0.1) is 22.7 Å². The second-order valence-electron chi connectivity index (χ2n) is 5.80. The van der Waals surface area contributed by atoms with E-state index in [9.17, 15) is 17.6 Å². The Morgan fingerprint density at radius 1 is 1.21 bits per heavy atom. The second kappa shape index (κ2) is 8.36. The van der Waals surface area contributed by atoms with Crippen molar-refractivity contribution < 1.29 is 22.3 Å². The maximum atomic E-state index is 13.2. The monoisotopic (exact) mass is 455 g/mol. The average molecular weight is 456 g/mol. The molecule has 0 saturated heterocycles. The Morgan fingerprint density at radius 2 is 1.90 bits per heavy atom. The summed E-state index contributed by atoms with van der Waals surface area (Å²) >= 11 is 6.59. The van der Waals surface area contributed by atoms with Gasteiger partial charge in [0.2, 0.25) is 0 Å². The van der Waals surface area contributed by atoms with Gasteiger partial charge in [0.25, 0.3) is 15.9 Å². The Hall–Kier alpha value is -2.69. The SMILES string of the molecule is COc1ccc(S(=O)(=O)Nc2nc(C)c(C(=O)Nc3ccc(F)c(Cl)c3)s2)cc1. The number of halogens is 2. The first-order chi connectivity index (χ1) is 13.7. The molecule has 2 N–H and O–H groups in total. The topological polar surface area (TPSA) is 97.4 Å². The van der Waals surface area contributed by atoms with E-state index in [4.69, 9.17) is 16.3 Å². The highest BCUT2D eigenvalue weighted by molar-refractivity contribution is 7.93. The van der Waals surface area contributed by atoms with Crippen LogP contribution in [0, 0.1) is 12.7 Å². The minimum Gasteiger partial charge on any atom is -0.497 e. The van der Waals surface area contributed by atoms with Crippen LogP contribution in [-0.4, -0.2) is 26.4 Å². The van der Waals surface area contributed by atoms with E-state index in [1.54, 1.807) is 6.92 Å². The number of anilines is 2. The van der Waals surface area contributed by atoms with Gasteiger partial charge in [-0.15, -0.1) is 0 Å². The number of carbonyl (C=O) groups is 1. The molecule has 3 rings (SSSR count). The molecule has 3 aromatic rings. The van der Waals surface area contributed by atoms with Crippen LogP contribution in [0.25, 0.3) is 0 Å². The number of sulfonamides is 1. The van der Waals surface area contributed by atoms with Gasteiger partial charge in [0.15, 0.2) is 5.13 Å². The number of aryl methyl sites for hydroxylation is 1. The van der Waals surface area contributed by atoms with E-state index in [1.165, 1.54) is 43.5 Å². The summed E-state index contributed by atoms with van der Waals surface area (Å²) in [6, 6.07) is 9.61. The fraction of sp³-hybridized carbons (Fsp3) is 0.111. The van der Waals surface area contributed by atoms with Crippen LogP contribution in [0.4, 0.5) is 15.2 Å². The summed E-state index contributed by atoms with van der Waals surface area (Å²) in [6.45, 7) is 1.58. The molecule has 0 aliphatic rings. The summed E-state index contributed by atoms with van der Waals surface area (Å²) in [6.07, 6.45) is 0. The van der Waals surface area contributed by atoms with E-state index in [0.717, 1.165) is 17.4 Å². The van der Waals surface area contributed by atoms with Crippen molar-refractivity contribution in [1.82, 2.24) is 4.98 Å². The van der Waals surface area contributed by atoms with Crippen LogP contribution >= 0.6 is 22.9 Å². The van der Waals surface area contributed by atoms with Crippen molar-refractivity contribution in [3.63, 3.8) is 0 Å². The van der Waals surface area contributed by atoms with Crippen molar-refractivity contribution in [2.45, 2.75) is 11.8 Å². The Kier molecular flexibility index (Phi) is 6.06. The lowest BCUT2D eigenvalue weighted by molar-refractivity contribution is 0.103. The summed E-state index contributed by atoms with van der Waals surface area (Å²) < 4.78 is 45.6. The van der Waals surface area contributed by atoms with E-state index in [0.29, 0.717) is 17.1 Å². The van der Waals surface area contributed by atoms with Gasteiger partial charge >= 0.3 is 0 Å². The third kappa shape index (κ3) is 4.84. The van der Waals surface area contributed by atoms with E-state index in [-0.39, 0.29) is 19.9 Å². The molecule has 1 heterocycles. The predicted octanol–water partition coefficient (Wildman–Crippen LogP) is 4.31. The Labute approximate surface area is 175 Å². The van der Waals surface area contributed by atoms with Gasteiger partial charge in [-0.05, 0) is 49.4 Å². The molecular formula is C18H15ClFN3O4S2. The molecule has 0 atom stereocenters. The lowest BCUT2D eigenvalue weighted by Gasteiger charge is -2.06. The fourth-order valence-corrected chi connectivity index (χ4v) is 4.62. The molecule has 29 heavy (non-hydrogen) atoms. The molecular weight excluding hydrogens is 441 g/mol. The summed E-state index contributed by atoms with van der Waals surface area (Å²) in [5, 5.41) is 2.49. The Bertz CT molecular complexity index is 1160. The number of benzene rings is 2. The van der Waals surface area contributed by atoms with Gasteiger partial charge in [-0.25, -0.2) is 17.8 Å². The van der Waals surface area contributed by atoms with Crippen LogP contribution in [-0.2, 0) is 10.0 Å². The van der Waals surface area contributed by atoms with Gasteiger partial charge in [-0.1, -0.05) is 22.9 Å². The largest absolute Gasteiger partial charge is 0.497 e. The number of methoxy groups -OCH3 is 1. The molecule has 0 bridgehead atoms. The first-order valence-corrected chi connectivity index (χ1v) is 10.8. The maximum absolute atomic E-state index is 13.2. The molecule has 0 radical (unpaired) electrons. The van der Waals surface area contributed by atoms with Crippen LogP contribution in [0.1, 0.15) is 15.4 Å². The molecule has 0 saturated carbocycles. The molecule has 152 valence electrons. The summed E-state index contributed by atoms with van der Waals surface area (Å²) in [5.74, 6) is -0.597. The standard InChI is InChI=1S/C18H15ClFN3O4S2/c1-10-16(17(24)22-11-3-8-15(20)14(19)9-11)28-18(21-10)23-29(25,26)13-6-4-12(27-2)5-7-13/h3-9H,1-2H3,(H,21,23)(H,22,24). The third-order valence-electron chi connectivity index (χ3n) is 3.77. The first kappa shape index (κ1) is 21.0. The quantitative estimate of drug-likeness (QED) is 0.577. The van der Waals surface area contributed by atoms with Crippen molar-refractivity contribution >= 4 is 49.7 Å². The predicted molar refractivity (Wildman–Crippen MR) is 110 cm³/mol. The molecule has 0 fully saturated rings. The lowest BCUT2D eigenvalue weighted by atomic mass is 10.3. The van der Waals surface area contributed by atoms with Crippen LogP contribution in [0.5, 0.6) is 5.75 Å². The number of rotatable bonds is 6. The highest BCUT2D eigenvalue weighted by Gasteiger charge is 2.20. The number of nitrogens with zero attached hydrogens (tertiary/aromatic N) is 1. The van der Waals surface area contributed by atoms with Gasteiger partial charge in [-0.3, -0.25) is 9.52 Å². The normalized spacial score (nSPS) is 11.2. The molecule has 11 heteroatoms. The van der Waals surface area contributed by atoms with Gasteiger partial charge in [-0.2, -0.15) is 0 Å². The van der Waals surface area contributed by atoms with Crippen molar-refractivity contribution in [2.75, 3.05) is 17.1 Å². The van der Waals surface area contributed by atoms with Crippen molar-refractivity contribution in [1.29, 1.82) is 0 Å². The van der Waals surface area contributed by atoms with E-state index in [1.807, 2.05) is 0 Å². The van der Waals surface area contributed by atoms with Crippen molar-refractivity contribution in [2.24, 2.45) is 0 Å². The zero-order chi connectivity index (χ0) is 21.2. The highest BCUT2D eigenvalue weighted by atomic mass is 35.5. The number of hydrogen-bond donors (Lipinski definition) is 2. The smallest absolute Gasteiger partial charge is 0.267 e. The zero-order valence-corrected chi connectivity index (χ0v) is 17.6. The number of ether oxygens (including phenoxy) is 1. The molecule has 1 aromatic heterocycles. The molecule has 7 nitrogen and oxygen atoms in total. The Balaban J connectivity index is 1.78. The molecule has 0 unspecified atom stereocenters. The van der Waals surface area contributed by atoms with E-state index >= 15 is 0 Å². The molecule has 0 aliphatic carbocycles. The van der Waals surface area contributed by atoms with Crippen LogP contribution in [0.15, 0.2) is 47.4 Å². The minimum absolute atomic E-state index is 0.0260. The summed E-state index contributed by atoms with van der Waals surface area (Å²) in [4.78, 5) is 16.8. The highest BCUT2D eigenvalue weighted by Crippen LogP contribution is 2.27. The average Bonchev–Trinajstić information content (AvgIpc) is 3.04. The molecule has 0 aliphatic heterocycles. The van der Waals surface area contributed by atoms with Gasteiger partial charge in [0.1, 0.15) is 16.4 Å². The molecule has 1 amide bonds. The van der Waals surface area contributed by atoms with Gasteiger partial charge in [0, 0.05) is 5.69 Å². The van der Waals surface area contributed by atoms with Gasteiger partial charge < -0.3 is 10.1 Å². The zero-order valence-electron chi connectivity index (χ0n) is 15.2. The number of hydrogen-bond acceptors (Lipinski definition) is 6. The molecule has 2 aromatic carbocycles. The second-order valence-corrected chi connectivity index (χ2v) is 8.89. The van der Waals surface area contributed by atoms with Crippen LogP contribution in [0.2, 0.25) is 5.02 Å². The maximum Gasteiger partial charge on any atom is 0.267 e. The summed E-state index contributed by atoms with van der Waals surface area (Å²) in [7, 11) is -2.41. The number of carbonyl (C=O) groups excluding carboxylic acids is 1. The molecule has 0 spiro atoms. The fourth-order valence-electron chi connectivity index (χ4n) is 2.34. The number of nitrogens with one attached hydrogen (secondary N) is 2. The minimum atomic E-state index is -3.89. The first-order valence-electron chi connectivity index (χ1n) is 8.10. The van der Waals surface area contributed by atoms with Crippen LogP contribution < -0.4 is 14.8 Å². The van der Waals surface area contributed by atoms with Crippen molar-refractivity contribution in [3.8, 4) is 5.75 Å². The number of amides is 1. The Morgan fingerprint density at radius 3 is 2.52 bits per heavy atom. The number of thiazole rings is 1. The van der Waals surface area contributed by atoms with E-state index < -0.39 is 21.7 Å². The van der Waals surface area contributed by atoms with Crippen LogP contribution in [0.3, 0.4) is 0 Å². The third-order valence-corrected chi connectivity index (χ3v) is 6.62. The summed E-state index contributed by atoms with van der Waals surface area (Å²) in [5.41, 5.74) is 0.641.